The molecule has 1 aliphatic carbocycles. The molecule has 3 nitrogen and oxygen atoms in total. The van der Waals surface area contributed by atoms with Crippen molar-refractivity contribution in [3.05, 3.63) is 96.0 Å². The van der Waals surface area contributed by atoms with Crippen molar-refractivity contribution in [2.24, 2.45) is 5.92 Å². The molecule has 3 rings (SSSR count). The molecule has 0 spiro atoms. The lowest BCUT2D eigenvalue weighted by Crippen LogP contribution is -2.23. The number of amides is 1. The molecule has 0 saturated carbocycles. The smallest absolute Gasteiger partial charge is 0.255 e. The summed E-state index contributed by atoms with van der Waals surface area (Å²) in [5.41, 5.74) is 4.33. The van der Waals surface area contributed by atoms with Crippen LogP contribution in [0.3, 0.4) is 0 Å². The summed E-state index contributed by atoms with van der Waals surface area (Å²) in [6.07, 6.45) is 10.2. The first-order valence-electron chi connectivity index (χ1n) is 10.8. The molecule has 0 aromatic heterocycles. The predicted octanol–water partition coefficient (Wildman–Crippen LogP) is 5.97. The van der Waals surface area contributed by atoms with Crippen LogP contribution < -0.4 is 5.32 Å². The summed E-state index contributed by atoms with van der Waals surface area (Å²) in [7, 11) is 4.22. The fourth-order valence-electron chi connectivity index (χ4n) is 3.91. The molecule has 1 atom stereocenters. The van der Waals surface area contributed by atoms with Crippen LogP contribution in [0.5, 0.6) is 0 Å². The third kappa shape index (κ3) is 7.04. The molecule has 31 heavy (non-hydrogen) atoms. The number of halogens is 1. The molecule has 4 heteroatoms. The maximum Gasteiger partial charge on any atom is 0.255 e. The minimum atomic E-state index is -0.261. The van der Waals surface area contributed by atoms with Gasteiger partial charge in [0.2, 0.25) is 0 Å². The van der Waals surface area contributed by atoms with Crippen LogP contribution in [0.15, 0.2) is 84.6 Å². The maximum atomic E-state index is 13.1. The van der Waals surface area contributed by atoms with Crippen molar-refractivity contribution in [1.29, 1.82) is 0 Å². The van der Waals surface area contributed by atoms with Crippen molar-refractivity contribution < 1.29 is 9.18 Å². The number of carbonyl (C=O) groups excluding carboxylic acids is 1. The predicted molar refractivity (Wildman–Crippen MR) is 126 cm³/mol. The van der Waals surface area contributed by atoms with E-state index in [1.54, 1.807) is 24.3 Å². The van der Waals surface area contributed by atoms with Gasteiger partial charge in [-0.3, -0.25) is 4.79 Å². The van der Waals surface area contributed by atoms with Crippen LogP contribution in [0.25, 0.3) is 11.1 Å². The Morgan fingerprint density at radius 3 is 2.35 bits per heavy atom. The number of rotatable bonds is 5. The first kappa shape index (κ1) is 22.7. The largest absolute Gasteiger partial charge is 0.322 e. The Hall–Kier alpha value is -2.98. The van der Waals surface area contributed by atoms with Gasteiger partial charge in [0, 0.05) is 17.8 Å². The molecule has 0 bridgehead atoms. The second-order valence-corrected chi connectivity index (χ2v) is 8.45. The molecule has 1 N–H and O–H groups in total. The second kappa shape index (κ2) is 10.9. The van der Waals surface area contributed by atoms with E-state index in [9.17, 15) is 9.18 Å². The molecule has 162 valence electrons. The quantitative estimate of drug-likeness (QED) is 0.649. The summed E-state index contributed by atoms with van der Waals surface area (Å²) in [6, 6.07) is 13.7. The Bertz CT molecular complexity index is 956. The first-order valence-corrected chi connectivity index (χ1v) is 10.8. The summed E-state index contributed by atoms with van der Waals surface area (Å²) in [5.74, 6) is 0.203. The van der Waals surface area contributed by atoms with E-state index in [1.165, 1.54) is 12.1 Å². The zero-order valence-electron chi connectivity index (χ0n) is 18.4. The number of nitrogens with one attached hydrogen (secondary N) is 1. The average Bonchev–Trinajstić information content (AvgIpc) is 2.74. The zero-order chi connectivity index (χ0) is 22.2. The summed E-state index contributed by atoms with van der Waals surface area (Å²) < 4.78 is 13.1. The Balaban J connectivity index is 1.64. The van der Waals surface area contributed by atoms with Gasteiger partial charge in [0.1, 0.15) is 5.82 Å². The van der Waals surface area contributed by atoms with E-state index in [0.717, 1.165) is 54.6 Å². The first-order chi connectivity index (χ1) is 14.9. The highest BCUT2D eigenvalue weighted by Crippen LogP contribution is 2.22. The Morgan fingerprint density at radius 1 is 1.06 bits per heavy atom. The molecular formula is C27H31FN2O. The fraction of sp³-hybridized carbons (Fsp3) is 0.296. The SMILES string of the molecule is C=C1/C=C\C(NC(=O)c2ccc(-c3ccc(F)cc3)cc2)=C/CCC[C@@H](CN(C)C)C1. The van der Waals surface area contributed by atoms with Gasteiger partial charge in [-0.2, -0.15) is 0 Å². The lowest BCUT2D eigenvalue weighted by Gasteiger charge is -2.22. The number of hydrogen-bond donors (Lipinski definition) is 1. The normalized spacial score (nSPS) is 20.1. The molecule has 1 aliphatic rings. The summed E-state index contributed by atoms with van der Waals surface area (Å²) in [4.78, 5) is 15.0. The van der Waals surface area contributed by atoms with E-state index in [4.69, 9.17) is 0 Å². The highest BCUT2D eigenvalue weighted by atomic mass is 19.1. The second-order valence-electron chi connectivity index (χ2n) is 8.45. The number of nitrogens with zero attached hydrogens (tertiary/aromatic N) is 1. The standard InChI is InChI=1S/C27H31FN2O/c1-20-8-17-26(7-5-4-6-21(18-20)19-30(2)3)29-27(31)24-11-9-22(10-12-24)23-13-15-25(28)16-14-23/h7-17,21H,1,4-6,18-19H2,2-3H3,(H,29,31)/b17-8-,26-7+/t21-/m1/s1. The van der Waals surface area contributed by atoms with Gasteiger partial charge in [0.05, 0.1) is 0 Å². The lowest BCUT2D eigenvalue weighted by atomic mass is 9.93. The third-order valence-electron chi connectivity index (χ3n) is 5.44. The topological polar surface area (TPSA) is 32.3 Å². The van der Waals surface area contributed by atoms with Gasteiger partial charge in [0.25, 0.3) is 5.91 Å². The van der Waals surface area contributed by atoms with E-state index in [2.05, 4.69) is 37.0 Å². The minimum Gasteiger partial charge on any atom is -0.322 e. The maximum absolute atomic E-state index is 13.1. The van der Waals surface area contributed by atoms with Crippen molar-refractivity contribution in [3.63, 3.8) is 0 Å². The molecule has 2 aromatic rings. The van der Waals surface area contributed by atoms with Crippen LogP contribution >= 0.6 is 0 Å². The summed E-state index contributed by atoms with van der Waals surface area (Å²) >= 11 is 0. The summed E-state index contributed by atoms with van der Waals surface area (Å²) in [5, 5.41) is 3.02. The molecule has 0 aliphatic heterocycles. The number of benzene rings is 2. The van der Waals surface area contributed by atoms with E-state index < -0.39 is 0 Å². The van der Waals surface area contributed by atoms with Crippen LogP contribution in [0.2, 0.25) is 0 Å². The van der Waals surface area contributed by atoms with Crippen molar-refractivity contribution in [2.45, 2.75) is 25.7 Å². The van der Waals surface area contributed by atoms with Crippen LogP contribution in [0, 0.1) is 11.7 Å². The van der Waals surface area contributed by atoms with E-state index >= 15 is 0 Å². The molecule has 0 fully saturated rings. The van der Waals surface area contributed by atoms with E-state index in [-0.39, 0.29) is 11.7 Å². The van der Waals surface area contributed by atoms with Crippen LogP contribution in [-0.2, 0) is 0 Å². The molecule has 0 heterocycles. The number of hydrogen-bond acceptors (Lipinski definition) is 2. The molecule has 2 aromatic carbocycles. The third-order valence-corrected chi connectivity index (χ3v) is 5.44. The highest BCUT2D eigenvalue weighted by molar-refractivity contribution is 5.96. The van der Waals surface area contributed by atoms with Gasteiger partial charge in [-0.15, -0.1) is 0 Å². The van der Waals surface area contributed by atoms with Gasteiger partial charge < -0.3 is 10.2 Å². The molecule has 0 unspecified atom stereocenters. The Kier molecular flexibility index (Phi) is 7.96. The van der Waals surface area contributed by atoms with Gasteiger partial charge in [-0.25, -0.2) is 4.39 Å². The molecular weight excluding hydrogens is 387 g/mol. The van der Waals surface area contributed by atoms with Gasteiger partial charge >= 0.3 is 0 Å². The highest BCUT2D eigenvalue weighted by Gasteiger charge is 2.13. The Morgan fingerprint density at radius 2 is 1.71 bits per heavy atom. The van der Waals surface area contributed by atoms with Crippen molar-refractivity contribution in [2.75, 3.05) is 20.6 Å². The molecule has 0 saturated heterocycles. The van der Waals surface area contributed by atoms with Crippen LogP contribution in [0.4, 0.5) is 4.39 Å². The summed E-state index contributed by atoms with van der Waals surface area (Å²) in [6.45, 7) is 5.26. The van der Waals surface area contributed by atoms with Gasteiger partial charge in [-0.1, -0.05) is 48.6 Å². The van der Waals surface area contributed by atoms with Crippen molar-refractivity contribution >= 4 is 5.91 Å². The lowest BCUT2D eigenvalue weighted by molar-refractivity contribution is 0.0967. The molecule has 1 amide bonds. The minimum absolute atomic E-state index is 0.144. The van der Waals surface area contributed by atoms with E-state index in [1.807, 2.05) is 24.3 Å². The van der Waals surface area contributed by atoms with E-state index in [0.29, 0.717) is 11.5 Å². The van der Waals surface area contributed by atoms with Crippen molar-refractivity contribution in [3.8, 4) is 11.1 Å². The number of allylic oxidation sites excluding steroid dienone is 4. The Labute approximate surface area is 185 Å². The van der Waals surface area contributed by atoms with Gasteiger partial charge in [-0.05, 0) is 87.2 Å². The van der Waals surface area contributed by atoms with Crippen LogP contribution in [0.1, 0.15) is 36.0 Å². The van der Waals surface area contributed by atoms with Crippen molar-refractivity contribution in [1.82, 2.24) is 10.2 Å². The fourth-order valence-corrected chi connectivity index (χ4v) is 3.91. The zero-order valence-corrected chi connectivity index (χ0v) is 18.4. The van der Waals surface area contributed by atoms with Crippen LogP contribution in [-0.4, -0.2) is 31.4 Å². The monoisotopic (exact) mass is 418 g/mol. The average molecular weight is 419 g/mol. The molecule has 0 radical (unpaired) electrons. The van der Waals surface area contributed by atoms with Gasteiger partial charge in [0.15, 0.2) is 0 Å². The number of carbonyl (C=O) groups is 1.